The zero-order chi connectivity index (χ0) is 3.58. The molecule has 0 heterocycles. The molecule has 8 nitrogen and oxygen atoms in total. The van der Waals surface area contributed by atoms with E-state index in [-0.39, 0.29) is 50.2 Å². The molecule has 0 radical (unpaired) electrons. The number of carboxylic acid groups (broad SMARTS) is 1. The summed E-state index contributed by atoms with van der Waals surface area (Å²) >= 11 is 0. The van der Waals surface area contributed by atoms with Crippen molar-refractivity contribution in [2.24, 2.45) is 0 Å². The molecule has 11 heavy (non-hydrogen) atoms. The molecule has 13 N–H and O–H groups in total. The fourth-order valence-corrected chi connectivity index (χ4v) is 0. The summed E-state index contributed by atoms with van der Waals surface area (Å²) < 4.78 is 0. The van der Waals surface area contributed by atoms with Crippen LogP contribution in [0.1, 0.15) is 6.92 Å². The molecular weight excluding hydrogens is 204 g/mol. The van der Waals surface area contributed by atoms with Crippen molar-refractivity contribution < 1.29 is 60.1 Å². The Balaban J connectivity index is -0.00000000214. The molecule has 0 spiro atoms. The molecule has 0 bridgehead atoms. The maximum atomic E-state index is 9.00. The van der Waals surface area contributed by atoms with Gasteiger partial charge >= 0.3 is 0 Å². The van der Waals surface area contributed by atoms with Gasteiger partial charge in [0.25, 0.3) is 5.97 Å². The Morgan fingerprint density at radius 2 is 0.909 bits per heavy atom. The minimum absolute atomic E-state index is 0. The smallest absolute Gasteiger partial charge is 0.300 e. The molecule has 0 amide bonds. The topological polar surface area (TPSA) is 226 Å². The van der Waals surface area contributed by atoms with Crippen LogP contribution >= 0.6 is 0 Å². The van der Waals surface area contributed by atoms with E-state index in [0.717, 1.165) is 6.92 Å². The second kappa shape index (κ2) is 98.2. The fourth-order valence-electron chi connectivity index (χ4n) is 0. The zero-order valence-electron chi connectivity index (χ0n) is 5.76. The van der Waals surface area contributed by atoms with Gasteiger partial charge < -0.3 is 38.0 Å². The largest absolute Gasteiger partial charge is 0.481 e. The van der Waals surface area contributed by atoms with E-state index in [2.05, 4.69) is 0 Å². The van der Waals surface area contributed by atoms with Gasteiger partial charge in [0.2, 0.25) is 0 Å². The van der Waals surface area contributed by atoms with Crippen LogP contribution in [0.5, 0.6) is 0 Å². The van der Waals surface area contributed by atoms with Crippen LogP contribution in [0.3, 0.4) is 0 Å². The Labute approximate surface area is 73.8 Å². The van der Waals surface area contributed by atoms with Gasteiger partial charge in [-0.15, -0.1) is 0 Å². The van der Waals surface area contributed by atoms with Crippen LogP contribution in [-0.2, 0) is 22.2 Å². The van der Waals surface area contributed by atoms with E-state index < -0.39 is 5.97 Å². The van der Waals surface area contributed by atoms with Gasteiger partial charge in [0, 0.05) is 24.3 Å². The molecule has 0 aliphatic heterocycles. The molecule has 0 aliphatic carbocycles. The monoisotopic (exact) mass is 220 g/mol. The van der Waals surface area contributed by atoms with Gasteiger partial charge in [-0.25, -0.2) is 0 Å². The van der Waals surface area contributed by atoms with Crippen LogP contribution in [0, 0.1) is 0 Å². The maximum absolute atomic E-state index is 9.00. The van der Waals surface area contributed by atoms with E-state index in [9.17, 15) is 0 Å². The first-order valence-corrected chi connectivity index (χ1v) is 0.928. The SMILES string of the molecule is CC(=O)O.O.O.O.O.O.O.[Cr]. The van der Waals surface area contributed by atoms with Gasteiger partial charge in [0.1, 0.15) is 0 Å². The second-order valence-electron chi connectivity index (χ2n) is 0.519. The van der Waals surface area contributed by atoms with Gasteiger partial charge in [-0.1, -0.05) is 0 Å². The van der Waals surface area contributed by atoms with Gasteiger partial charge in [0.05, 0.1) is 0 Å². The van der Waals surface area contributed by atoms with Crippen molar-refractivity contribution in [3.8, 4) is 0 Å². The Bertz CT molecular complexity index is 35.1. The van der Waals surface area contributed by atoms with E-state index in [1.165, 1.54) is 0 Å². The molecule has 0 aliphatic rings. The summed E-state index contributed by atoms with van der Waals surface area (Å²) in [6.07, 6.45) is 0. The number of carboxylic acids is 1. The molecule has 0 aromatic carbocycles. The van der Waals surface area contributed by atoms with E-state index >= 15 is 0 Å². The quantitative estimate of drug-likeness (QED) is 0.423. The Hall–Kier alpha value is -0.238. The summed E-state index contributed by atoms with van der Waals surface area (Å²) in [5.41, 5.74) is 0. The molecule has 0 aromatic heterocycles. The van der Waals surface area contributed by atoms with Crippen molar-refractivity contribution in [1.29, 1.82) is 0 Å². The Morgan fingerprint density at radius 1 is 0.909 bits per heavy atom. The van der Waals surface area contributed by atoms with Crippen LogP contribution in [-0.4, -0.2) is 43.9 Å². The van der Waals surface area contributed by atoms with Crippen molar-refractivity contribution in [3.63, 3.8) is 0 Å². The number of aliphatic carboxylic acids is 1. The van der Waals surface area contributed by atoms with Crippen molar-refractivity contribution >= 4 is 5.97 Å². The van der Waals surface area contributed by atoms with E-state index in [1.54, 1.807) is 0 Å². The summed E-state index contributed by atoms with van der Waals surface area (Å²) in [6, 6.07) is 0. The summed E-state index contributed by atoms with van der Waals surface area (Å²) in [4.78, 5) is 9.00. The maximum Gasteiger partial charge on any atom is 0.300 e. The molecule has 0 atom stereocenters. The fraction of sp³-hybridized carbons (Fsp3) is 0.500. The number of hydrogen-bond donors (Lipinski definition) is 1. The minimum Gasteiger partial charge on any atom is -0.481 e. The third kappa shape index (κ3) is 10400. The standard InChI is InChI=1S/C2H4O2.Cr.6H2O/c1-2(3)4;;;;;;;/h1H3,(H,3,4);;6*1H2. The van der Waals surface area contributed by atoms with Crippen LogP contribution < -0.4 is 0 Å². The Morgan fingerprint density at radius 3 is 0.909 bits per heavy atom. The third-order valence-corrected chi connectivity index (χ3v) is 0. The van der Waals surface area contributed by atoms with Gasteiger partial charge in [-0.3, -0.25) is 4.79 Å². The van der Waals surface area contributed by atoms with Crippen LogP contribution in [0.25, 0.3) is 0 Å². The number of hydrogen-bond acceptors (Lipinski definition) is 1. The van der Waals surface area contributed by atoms with Crippen LogP contribution in [0.2, 0.25) is 0 Å². The number of carbonyl (C=O) groups is 1. The molecule has 0 unspecified atom stereocenters. The predicted octanol–water partition coefficient (Wildman–Crippen LogP) is -4.86. The Kier molecular flexibility index (Phi) is 1200. The zero-order valence-corrected chi connectivity index (χ0v) is 7.04. The summed E-state index contributed by atoms with van der Waals surface area (Å²) in [5.74, 6) is -0.833. The van der Waals surface area contributed by atoms with Crippen molar-refractivity contribution in [1.82, 2.24) is 0 Å². The predicted molar refractivity (Wildman–Crippen MR) is 35.0 cm³/mol. The third-order valence-electron chi connectivity index (χ3n) is 0. The van der Waals surface area contributed by atoms with Crippen LogP contribution in [0.15, 0.2) is 0 Å². The van der Waals surface area contributed by atoms with Crippen molar-refractivity contribution in [2.75, 3.05) is 0 Å². The molecular formula is C2H16CrO8. The number of rotatable bonds is 0. The molecule has 78 valence electrons. The molecule has 0 saturated heterocycles. The molecule has 0 aromatic rings. The summed E-state index contributed by atoms with van der Waals surface area (Å²) in [7, 11) is 0. The average molecular weight is 220 g/mol. The first kappa shape index (κ1) is 134. The molecule has 9 heteroatoms. The average Bonchev–Trinajstić information content (AvgIpc) is 0.811. The van der Waals surface area contributed by atoms with Gasteiger partial charge in [0.15, 0.2) is 0 Å². The first-order chi connectivity index (χ1) is 1.73. The van der Waals surface area contributed by atoms with E-state index in [1.807, 2.05) is 0 Å². The summed E-state index contributed by atoms with van der Waals surface area (Å²) in [5, 5.41) is 7.42. The first-order valence-electron chi connectivity index (χ1n) is 0.928. The van der Waals surface area contributed by atoms with Gasteiger partial charge in [-0.2, -0.15) is 0 Å². The van der Waals surface area contributed by atoms with Gasteiger partial charge in [-0.05, 0) is 0 Å². The molecule has 0 rings (SSSR count). The molecule has 0 saturated carbocycles. The van der Waals surface area contributed by atoms with E-state index in [4.69, 9.17) is 9.90 Å². The van der Waals surface area contributed by atoms with Crippen molar-refractivity contribution in [3.05, 3.63) is 0 Å². The summed E-state index contributed by atoms with van der Waals surface area (Å²) in [6.45, 7) is 1.08. The normalized spacial score (nSPS) is 2.27. The van der Waals surface area contributed by atoms with E-state index in [0.29, 0.717) is 0 Å². The second-order valence-corrected chi connectivity index (χ2v) is 0.519. The van der Waals surface area contributed by atoms with Crippen molar-refractivity contribution in [2.45, 2.75) is 6.92 Å². The molecule has 0 fully saturated rings. The van der Waals surface area contributed by atoms with Crippen LogP contribution in [0.4, 0.5) is 0 Å². The minimum atomic E-state index is -0.833.